The molecule has 18 heavy (non-hydrogen) atoms. The molecule has 0 amide bonds. The molecule has 0 aliphatic heterocycles. The van der Waals surface area contributed by atoms with Gasteiger partial charge in [0.15, 0.2) is 0 Å². The molecule has 1 aromatic carbocycles. The summed E-state index contributed by atoms with van der Waals surface area (Å²) < 4.78 is 2.25. The molecule has 1 aliphatic rings. The minimum absolute atomic E-state index is 0.0260. The Labute approximate surface area is 108 Å². The Morgan fingerprint density at radius 2 is 2.11 bits per heavy atom. The van der Waals surface area contributed by atoms with Crippen LogP contribution in [-0.2, 0) is 12.5 Å². The molecule has 0 radical (unpaired) electrons. The summed E-state index contributed by atoms with van der Waals surface area (Å²) in [4.78, 5) is 4.75. The highest BCUT2D eigenvalue weighted by Gasteiger charge is 2.29. The number of aromatic nitrogens is 2. The van der Waals surface area contributed by atoms with E-state index >= 15 is 0 Å². The summed E-state index contributed by atoms with van der Waals surface area (Å²) in [5.41, 5.74) is 9.52. The van der Waals surface area contributed by atoms with Crippen molar-refractivity contribution >= 4 is 11.0 Å². The highest BCUT2D eigenvalue weighted by molar-refractivity contribution is 5.77. The first-order valence-corrected chi connectivity index (χ1v) is 6.70. The Balaban J connectivity index is 2.14. The minimum atomic E-state index is 0.0260. The number of rotatable bonds is 3. The minimum Gasteiger partial charge on any atom is -0.331 e. The molecule has 0 bridgehead atoms. The summed E-state index contributed by atoms with van der Waals surface area (Å²) in [6.07, 6.45) is 2.58. The largest absolute Gasteiger partial charge is 0.331 e. The van der Waals surface area contributed by atoms with Gasteiger partial charge in [-0.05, 0) is 30.5 Å². The van der Waals surface area contributed by atoms with Crippen LogP contribution in [0.1, 0.15) is 44.0 Å². The summed E-state index contributed by atoms with van der Waals surface area (Å²) >= 11 is 0. The number of nitrogens with two attached hydrogens (primary N) is 1. The molecule has 2 N–H and O–H groups in total. The highest BCUT2D eigenvalue weighted by atomic mass is 15.1. The number of fused-ring (bicyclic) bond motifs is 1. The quantitative estimate of drug-likeness (QED) is 0.900. The lowest BCUT2D eigenvalue weighted by Gasteiger charge is -2.23. The molecule has 0 atom stereocenters. The molecule has 1 aromatic heterocycles. The standard InChI is InChI=1S/C15H21N3/c1-15(2,9-16)11-6-7-12-13(8-11)18(3)14(17-12)10-4-5-10/h6-8,10H,4-5,9,16H2,1-3H3. The van der Waals surface area contributed by atoms with E-state index in [-0.39, 0.29) is 5.41 Å². The van der Waals surface area contributed by atoms with Crippen LogP contribution in [0.15, 0.2) is 18.2 Å². The number of aryl methyl sites for hydroxylation is 1. The van der Waals surface area contributed by atoms with E-state index in [4.69, 9.17) is 10.7 Å². The van der Waals surface area contributed by atoms with Crippen LogP contribution < -0.4 is 5.73 Å². The molecule has 1 aliphatic carbocycles. The van der Waals surface area contributed by atoms with Crippen LogP contribution in [-0.4, -0.2) is 16.1 Å². The van der Waals surface area contributed by atoms with E-state index in [2.05, 4.69) is 43.7 Å². The van der Waals surface area contributed by atoms with Gasteiger partial charge in [-0.1, -0.05) is 19.9 Å². The van der Waals surface area contributed by atoms with Crippen molar-refractivity contribution in [2.24, 2.45) is 12.8 Å². The molecule has 1 saturated carbocycles. The maximum Gasteiger partial charge on any atom is 0.112 e. The van der Waals surface area contributed by atoms with Gasteiger partial charge in [-0.2, -0.15) is 0 Å². The Morgan fingerprint density at radius 1 is 1.39 bits per heavy atom. The van der Waals surface area contributed by atoms with E-state index in [1.165, 1.54) is 29.7 Å². The molecule has 0 saturated heterocycles. The summed E-state index contributed by atoms with van der Waals surface area (Å²) in [6, 6.07) is 6.55. The van der Waals surface area contributed by atoms with Gasteiger partial charge in [-0.25, -0.2) is 4.98 Å². The zero-order valence-corrected chi connectivity index (χ0v) is 11.4. The van der Waals surface area contributed by atoms with Crippen LogP contribution in [0.25, 0.3) is 11.0 Å². The van der Waals surface area contributed by atoms with E-state index in [9.17, 15) is 0 Å². The van der Waals surface area contributed by atoms with Crippen molar-refractivity contribution in [2.45, 2.75) is 38.0 Å². The van der Waals surface area contributed by atoms with Crippen LogP contribution in [0.3, 0.4) is 0 Å². The fourth-order valence-corrected chi connectivity index (χ4v) is 2.45. The Kier molecular flexibility index (Phi) is 2.49. The van der Waals surface area contributed by atoms with Crippen molar-refractivity contribution < 1.29 is 0 Å². The van der Waals surface area contributed by atoms with Crippen LogP contribution in [0.5, 0.6) is 0 Å². The third-order valence-corrected chi connectivity index (χ3v) is 4.15. The van der Waals surface area contributed by atoms with Crippen LogP contribution >= 0.6 is 0 Å². The van der Waals surface area contributed by atoms with Gasteiger partial charge >= 0.3 is 0 Å². The Morgan fingerprint density at radius 3 is 2.72 bits per heavy atom. The molecule has 0 spiro atoms. The number of imidazole rings is 1. The molecule has 1 heterocycles. The van der Waals surface area contributed by atoms with E-state index in [1.54, 1.807) is 0 Å². The maximum absolute atomic E-state index is 5.86. The predicted molar refractivity (Wildman–Crippen MR) is 74.8 cm³/mol. The molecular formula is C15H21N3. The van der Waals surface area contributed by atoms with Crippen molar-refractivity contribution in [3.05, 3.63) is 29.6 Å². The lowest BCUT2D eigenvalue weighted by Crippen LogP contribution is -2.27. The average molecular weight is 243 g/mol. The predicted octanol–water partition coefficient (Wildman–Crippen LogP) is 2.69. The zero-order valence-electron chi connectivity index (χ0n) is 11.4. The lowest BCUT2D eigenvalue weighted by atomic mass is 9.85. The van der Waals surface area contributed by atoms with Gasteiger partial charge in [0, 0.05) is 24.9 Å². The number of nitrogens with zero attached hydrogens (tertiary/aromatic N) is 2. The first kappa shape index (κ1) is 11.7. The molecule has 3 nitrogen and oxygen atoms in total. The fourth-order valence-electron chi connectivity index (χ4n) is 2.45. The van der Waals surface area contributed by atoms with Gasteiger partial charge < -0.3 is 10.3 Å². The Hall–Kier alpha value is -1.35. The third-order valence-electron chi connectivity index (χ3n) is 4.15. The first-order chi connectivity index (χ1) is 8.53. The van der Waals surface area contributed by atoms with Crippen LogP contribution in [0.2, 0.25) is 0 Å². The zero-order chi connectivity index (χ0) is 12.9. The summed E-state index contributed by atoms with van der Waals surface area (Å²) in [5.74, 6) is 1.93. The summed E-state index contributed by atoms with van der Waals surface area (Å²) in [7, 11) is 2.13. The van der Waals surface area contributed by atoms with Crippen molar-refractivity contribution in [3.63, 3.8) is 0 Å². The molecule has 2 aromatic rings. The van der Waals surface area contributed by atoms with Gasteiger partial charge in [0.2, 0.25) is 0 Å². The van der Waals surface area contributed by atoms with Crippen LogP contribution in [0.4, 0.5) is 0 Å². The topological polar surface area (TPSA) is 43.8 Å². The fraction of sp³-hybridized carbons (Fsp3) is 0.533. The van der Waals surface area contributed by atoms with Gasteiger partial charge in [-0.15, -0.1) is 0 Å². The third kappa shape index (κ3) is 1.74. The van der Waals surface area contributed by atoms with Crippen molar-refractivity contribution in [2.75, 3.05) is 6.54 Å². The number of hydrogen-bond acceptors (Lipinski definition) is 2. The van der Waals surface area contributed by atoms with E-state index in [0.717, 1.165) is 5.52 Å². The highest BCUT2D eigenvalue weighted by Crippen LogP contribution is 2.40. The smallest absolute Gasteiger partial charge is 0.112 e. The number of benzene rings is 1. The van der Waals surface area contributed by atoms with Gasteiger partial charge in [-0.3, -0.25) is 0 Å². The average Bonchev–Trinajstić information content (AvgIpc) is 3.15. The lowest BCUT2D eigenvalue weighted by molar-refractivity contribution is 0.539. The second kappa shape index (κ2) is 3.82. The molecular weight excluding hydrogens is 222 g/mol. The second-order valence-electron chi connectivity index (χ2n) is 6.09. The SMILES string of the molecule is Cn1c(C2CC2)nc2ccc(C(C)(C)CN)cc21. The van der Waals surface area contributed by atoms with Crippen molar-refractivity contribution in [1.82, 2.24) is 9.55 Å². The van der Waals surface area contributed by atoms with Gasteiger partial charge in [0.25, 0.3) is 0 Å². The van der Waals surface area contributed by atoms with Gasteiger partial charge in [0.05, 0.1) is 11.0 Å². The molecule has 0 unspecified atom stereocenters. The van der Waals surface area contributed by atoms with E-state index in [0.29, 0.717) is 12.5 Å². The maximum atomic E-state index is 5.86. The molecule has 96 valence electrons. The van der Waals surface area contributed by atoms with E-state index < -0.39 is 0 Å². The number of hydrogen-bond donors (Lipinski definition) is 1. The summed E-state index contributed by atoms with van der Waals surface area (Å²) in [6.45, 7) is 5.03. The van der Waals surface area contributed by atoms with Crippen LogP contribution in [0, 0.1) is 0 Å². The van der Waals surface area contributed by atoms with E-state index in [1.807, 2.05) is 0 Å². The van der Waals surface area contributed by atoms with Crippen molar-refractivity contribution in [3.8, 4) is 0 Å². The first-order valence-electron chi connectivity index (χ1n) is 6.70. The molecule has 3 heteroatoms. The normalized spacial score (nSPS) is 16.4. The molecule has 1 fully saturated rings. The monoisotopic (exact) mass is 243 g/mol. The van der Waals surface area contributed by atoms with Crippen molar-refractivity contribution in [1.29, 1.82) is 0 Å². The Bertz CT molecular complexity index is 591. The molecule has 3 rings (SSSR count). The van der Waals surface area contributed by atoms with Gasteiger partial charge in [0.1, 0.15) is 5.82 Å². The summed E-state index contributed by atoms with van der Waals surface area (Å²) in [5, 5.41) is 0. The second-order valence-corrected chi connectivity index (χ2v) is 6.09.